The standard InChI is InChI=1S/C14H21NO/c1-3-15-11(2)13-9-4-5-10-14(13)16-12-7-6-8-12/h4-5,9-12,15H,3,6-8H2,1-2H3. The summed E-state index contributed by atoms with van der Waals surface area (Å²) in [4.78, 5) is 0. The third kappa shape index (κ3) is 2.56. The normalized spacial score (nSPS) is 17.9. The molecule has 88 valence electrons. The molecule has 1 aliphatic rings. The van der Waals surface area contributed by atoms with Gasteiger partial charge >= 0.3 is 0 Å². The van der Waals surface area contributed by atoms with Crippen LogP contribution in [0.15, 0.2) is 24.3 Å². The van der Waals surface area contributed by atoms with Gasteiger partial charge in [-0.25, -0.2) is 0 Å². The zero-order valence-electron chi connectivity index (χ0n) is 10.2. The lowest BCUT2D eigenvalue weighted by Crippen LogP contribution is -2.26. The fourth-order valence-electron chi connectivity index (χ4n) is 2.03. The van der Waals surface area contributed by atoms with Gasteiger partial charge in [0.25, 0.3) is 0 Å². The van der Waals surface area contributed by atoms with Crippen molar-refractivity contribution >= 4 is 0 Å². The number of benzene rings is 1. The first-order valence-corrected chi connectivity index (χ1v) is 6.30. The van der Waals surface area contributed by atoms with Crippen molar-refractivity contribution in [1.82, 2.24) is 5.32 Å². The van der Waals surface area contributed by atoms with Crippen molar-refractivity contribution in [1.29, 1.82) is 0 Å². The summed E-state index contributed by atoms with van der Waals surface area (Å²) in [5, 5.41) is 3.43. The topological polar surface area (TPSA) is 21.3 Å². The summed E-state index contributed by atoms with van der Waals surface area (Å²) in [6.45, 7) is 5.30. The van der Waals surface area contributed by atoms with Crippen molar-refractivity contribution in [3.8, 4) is 5.75 Å². The van der Waals surface area contributed by atoms with Gasteiger partial charge in [-0.05, 0) is 38.8 Å². The van der Waals surface area contributed by atoms with E-state index in [1.807, 2.05) is 0 Å². The van der Waals surface area contributed by atoms with E-state index in [1.54, 1.807) is 0 Å². The van der Waals surface area contributed by atoms with Crippen molar-refractivity contribution < 1.29 is 4.74 Å². The zero-order valence-corrected chi connectivity index (χ0v) is 10.2. The Morgan fingerprint density at radius 1 is 1.38 bits per heavy atom. The van der Waals surface area contributed by atoms with E-state index in [4.69, 9.17) is 4.74 Å². The Bertz CT molecular complexity index is 333. The van der Waals surface area contributed by atoms with Crippen molar-refractivity contribution in [3.63, 3.8) is 0 Å². The van der Waals surface area contributed by atoms with E-state index in [0.29, 0.717) is 12.1 Å². The van der Waals surface area contributed by atoms with Crippen LogP contribution in [0, 0.1) is 0 Å². The fourth-order valence-corrected chi connectivity index (χ4v) is 2.03. The predicted octanol–water partition coefficient (Wildman–Crippen LogP) is 3.29. The number of hydrogen-bond donors (Lipinski definition) is 1. The second-order valence-corrected chi connectivity index (χ2v) is 4.49. The fraction of sp³-hybridized carbons (Fsp3) is 0.571. The lowest BCUT2D eigenvalue weighted by Gasteiger charge is -2.28. The molecule has 1 fully saturated rings. The van der Waals surface area contributed by atoms with E-state index in [9.17, 15) is 0 Å². The first kappa shape index (κ1) is 11.5. The SMILES string of the molecule is CCNC(C)c1ccccc1OC1CCC1. The molecular weight excluding hydrogens is 198 g/mol. The highest BCUT2D eigenvalue weighted by Gasteiger charge is 2.21. The highest BCUT2D eigenvalue weighted by molar-refractivity contribution is 5.35. The van der Waals surface area contributed by atoms with Gasteiger partial charge in [-0.1, -0.05) is 25.1 Å². The van der Waals surface area contributed by atoms with E-state index in [2.05, 4.69) is 43.4 Å². The monoisotopic (exact) mass is 219 g/mol. The van der Waals surface area contributed by atoms with E-state index in [-0.39, 0.29) is 0 Å². The van der Waals surface area contributed by atoms with Crippen LogP contribution in [0.25, 0.3) is 0 Å². The molecule has 0 spiro atoms. The molecule has 2 heteroatoms. The third-order valence-electron chi connectivity index (χ3n) is 3.24. The number of ether oxygens (including phenoxy) is 1. The van der Waals surface area contributed by atoms with Crippen LogP contribution in [0.1, 0.15) is 44.7 Å². The number of hydrogen-bond acceptors (Lipinski definition) is 2. The third-order valence-corrected chi connectivity index (χ3v) is 3.24. The summed E-state index contributed by atoms with van der Waals surface area (Å²) in [7, 11) is 0. The smallest absolute Gasteiger partial charge is 0.124 e. The molecule has 0 radical (unpaired) electrons. The van der Waals surface area contributed by atoms with Gasteiger partial charge in [-0.15, -0.1) is 0 Å². The van der Waals surface area contributed by atoms with Gasteiger partial charge in [0.2, 0.25) is 0 Å². The maximum atomic E-state index is 6.01. The average Bonchev–Trinajstić information content (AvgIpc) is 2.24. The van der Waals surface area contributed by atoms with Crippen molar-refractivity contribution in [2.24, 2.45) is 0 Å². The molecule has 0 aromatic heterocycles. The molecule has 0 saturated heterocycles. The number of nitrogens with one attached hydrogen (secondary N) is 1. The highest BCUT2D eigenvalue weighted by Crippen LogP contribution is 2.30. The molecule has 1 aromatic rings. The number of rotatable bonds is 5. The van der Waals surface area contributed by atoms with Gasteiger partial charge in [0, 0.05) is 11.6 Å². The molecule has 2 rings (SSSR count). The zero-order chi connectivity index (χ0) is 11.4. The van der Waals surface area contributed by atoms with E-state index < -0.39 is 0 Å². The minimum absolute atomic E-state index is 0.362. The summed E-state index contributed by atoms with van der Waals surface area (Å²) < 4.78 is 6.01. The molecular formula is C14H21NO. The summed E-state index contributed by atoms with van der Waals surface area (Å²) in [5.41, 5.74) is 1.27. The Hall–Kier alpha value is -1.02. The largest absolute Gasteiger partial charge is 0.490 e. The van der Waals surface area contributed by atoms with Gasteiger partial charge in [0.1, 0.15) is 5.75 Å². The van der Waals surface area contributed by atoms with Crippen LogP contribution >= 0.6 is 0 Å². The summed E-state index contributed by atoms with van der Waals surface area (Å²) in [6.07, 6.45) is 4.19. The minimum Gasteiger partial charge on any atom is -0.490 e. The average molecular weight is 219 g/mol. The molecule has 1 aliphatic carbocycles. The van der Waals surface area contributed by atoms with Gasteiger partial charge in [-0.3, -0.25) is 0 Å². The minimum atomic E-state index is 0.362. The van der Waals surface area contributed by atoms with E-state index in [0.717, 1.165) is 12.3 Å². The van der Waals surface area contributed by atoms with Crippen molar-refractivity contribution in [3.05, 3.63) is 29.8 Å². The lowest BCUT2D eigenvalue weighted by atomic mass is 9.96. The second kappa shape index (κ2) is 5.35. The molecule has 1 aromatic carbocycles. The molecule has 1 unspecified atom stereocenters. The second-order valence-electron chi connectivity index (χ2n) is 4.49. The first-order valence-electron chi connectivity index (χ1n) is 6.30. The van der Waals surface area contributed by atoms with Gasteiger partial charge in [-0.2, -0.15) is 0 Å². The Labute approximate surface area is 98.0 Å². The molecule has 1 saturated carbocycles. The molecule has 1 N–H and O–H groups in total. The Morgan fingerprint density at radius 2 is 2.12 bits per heavy atom. The Kier molecular flexibility index (Phi) is 3.83. The van der Waals surface area contributed by atoms with E-state index in [1.165, 1.54) is 24.8 Å². The quantitative estimate of drug-likeness (QED) is 0.820. The Morgan fingerprint density at radius 3 is 2.75 bits per heavy atom. The van der Waals surface area contributed by atoms with Gasteiger partial charge in [0.05, 0.1) is 6.10 Å². The molecule has 16 heavy (non-hydrogen) atoms. The predicted molar refractivity (Wildman–Crippen MR) is 66.8 cm³/mol. The molecule has 1 atom stereocenters. The van der Waals surface area contributed by atoms with Gasteiger partial charge < -0.3 is 10.1 Å². The molecule has 0 bridgehead atoms. The Balaban J connectivity index is 2.09. The van der Waals surface area contributed by atoms with Crippen LogP contribution < -0.4 is 10.1 Å². The number of para-hydroxylation sites is 1. The molecule has 2 nitrogen and oxygen atoms in total. The summed E-state index contributed by atoms with van der Waals surface area (Å²) in [5.74, 6) is 1.06. The van der Waals surface area contributed by atoms with Crippen LogP contribution in [-0.2, 0) is 0 Å². The molecule has 0 aliphatic heterocycles. The van der Waals surface area contributed by atoms with Crippen LogP contribution in [-0.4, -0.2) is 12.6 Å². The molecule has 0 amide bonds. The maximum Gasteiger partial charge on any atom is 0.124 e. The maximum absolute atomic E-state index is 6.01. The van der Waals surface area contributed by atoms with E-state index >= 15 is 0 Å². The van der Waals surface area contributed by atoms with Crippen LogP contribution in [0.5, 0.6) is 5.75 Å². The molecule has 0 heterocycles. The van der Waals surface area contributed by atoms with Crippen LogP contribution in [0.2, 0.25) is 0 Å². The highest BCUT2D eigenvalue weighted by atomic mass is 16.5. The van der Waals surface area contributed by atoms with Crippen LogP contribution in [0.3, 0.4) is 0 Å². The lowest BCUT2D eigenvalue weighted by molar-refractivity contribution is 0.118. The summed E-state index contributed by atoms with van der Waals surface area (Å²) in [6, 6.07) is 8.73. The summed E-state index contributed by atoms with van der Waals surface area (Å²) >= 11 is 0. The van der Waals surface area contributed by atoms with Gasteiger partial charge in [0.15, 0.2) is 0 Å². The van der Waals surface area contributed by atoms with Crippen LogP contribution in [0.4, 0.5) is 0 Å². The van der Waals surface area contributed by atoms with Crippen molar-refractivity contribution in [2.75, 3.05) is 6.54 Å². The van der Waals surface area contributed by atoms with Crippen molar-refractivity contribution in [2.45, 2.75) is 45.3 Å². The first-order chi connectivity index (χ1) is 7.81.